The third kappa shape index (κ3) is 1.71. The fourth-order valence-corrected chi connectivity index (χ4v) is 2.29. The minimum atomic E-state index is -0.140. The number of hydrogen-bond donors (Lipinski definition) is 1. The SMILES string of the molecule is COc1ccc(C2=C(O)c3ccccc3C2=O)cc1. The molecule has 2 aromatic carbocycles. The van der Waals surface area contributed by atoms with E-state index in [1.165, 1.54) is 0 Å². The highest BCUT2D eigenvalue weighted by atomic mass is 16.5. The standard InChI is InChI=1S/C16H12O3/c1-19-11-8-6-10(7-9-11)14-15(17)12-4-2-3-5-13(12)16(14)18/h2-9,17H,1H3. The Labute approximate surface area is 110 Å². The molecule has 0 fully saturated rings. The fraction of sp³-hybridized carbons (Fsp3) is 0.0625. The number of allylic oxidation sites excluding steroid dienone is 1. The van der Waals surface area contributed by atoms with E-state index in [2.05, 4.69) is 0 Å². The van der Waals surface area contributed by atoms with Crippen LogP contribution in [-0.2, 0) is 0 Å². The lowest BCUT2D eigenvalue weighted by Gasteiger charge is -2.04. The smallest absolute Gasteiger partial charge is 0.198 e. The summed E-state index contributed by atoms with van der Waals surface area (Å²) in [5, 5.41) is 10.2. The first-order valence-corrected chi connectivity index (χ1v) is 5.94. The van der Waals surface area contributed by atoms with Gasteiger partial charge in [0.25, 0.3) is 0 Å². The minimum absolute atomic E-state index is 0.0470. The summed E-state index contributed by atoms with van der Waals surface area (Å²) in [6.45, 7) is 0. The molecule has 19 heavy (non-hydrogen) atoms. The lowest BCUT2D eigenvalue weighted by Crippen LogP contribution is -1.98. The molecule has 0 radical (unpaired) electrons. The van der Waals surface area contributed by atoms with Crippen LogP contribution in [0, 0.1) is 0 Å². The van der Waals surface area contributed by atoms with Crippen LogP contribution in [0.3, 0.4) is 0 Å². The molecule has 0 spiro atoms. The van der Waals surface area contributed by atoms with E-state index in [1.54, 1.807) is 55.6 Å². The van der Waals surface area contributed by atoms with Crippen LogP contribution >= 0.6 is 0 Å². The Bertz CT molecular complexity index is 681. The maximum absolute atomic E-state index is 12.3. The van der Waals surface area contributed by atoms with Gasteiger partial charge in [0.2, 0.25) is 0 Å². The first-order valence-electron chi connectivity index (χ1n) is 5.94. The zero-order valence-electron chi connectivity index (χ0n) is 10.4. The second-order valence-electron chi connectivity index (χ2n) is 4.33. The van der Waals surface area contributed by atoms with Gasteiger partial charge in [-0.25, -0.2) is 0 Å². The van der Waals surface area contributed by atoms with Crippen LogP contribution in [0.1, 0.15) is 21.5 Å². The number of benzene rings is 2. The molecule has 1 aliphatic rings. The van der Waals surface area contributed by atoms with Gasteiger partial charge in [0.05, 0.1) is 12.7 Å². The van der Waals surface area contributed by atoms with Gasteiger partial charge in [-0.3, -0.25) is 4.79 Å². The second kappa shape index (κ2) is 4.28. The van der Waals surface area contributed by atoms with Crippen molar-refractivity contribution in [2.24, 2.45) is 0 Å². The number of carbonyl (C=O) groups excluding carboxylic acids is 1. The summed E-state index contributed by atoms with van der Waals surface area (Å²) in [6, 6.07) is 14.2. The number of rotatable bonds is 2. The summed E-state index contributed by atoms with van der Waals surface area (Å²) in [6.07, 6.45) is 0. The molecule has 0 aliphatic heterocycles. The molecule has 3 rings (SSSR count). The first kappa shape index (κ1) is 11.5. The average molecular weight is 252 g/mol. The second-order valence-corrected chi connectivity index (χ2v) is 4.33. The Morgan fingerprint density at radius 2 is 1.58 bits per heavy atom. The molecule has 1 N–H and O–H groups in total. The molecule has 0 bridgehead atoms. The van der Waals surface area contributed by atoms with E-state index in [1.807, 2.05) is 0 Å². The average Bonchev–Trinajstić information content (AvgIpc) is 2.72. The van der Waals surface area contributed by atoms with Crippen LogP contribution in [0.15, 0.2) is 48.5 Å². The molecular formula is C16H12O3. The van der Waals surface area contributed by atoms with Crippen molar-refractivity contribution < 1.29 is 14.6 Å². The van der Waals surface area contributed by atoms with E-state index >= 15 is 0 Å². The van der Waals surface area contributed by atoms with Crippen molar-refractivity contribution in [2.45, 2.75) is 0 Å². The predicted molar refractivity (Wildman–Crippen MR) is 73.2 cm³/mol. The van der Waals surface area contributed by atoms with Crippen LogP contribution < -0.4 is 4.74 Å². The lowest BCUT2D eigenvalue weighted by atomic mass is 10.0. The maximum atomic E-state index is 12.3. The highest BCUT2D eigenvalue weighted by molar-refractivity contribution is 6.38. The third-order valence-corrected chi connectivity index (χ3v) is 3.27. The highest BCUT2D eigenvalue weighted by Crippen LogP contribution is 2.36. The van der Waals surface area contributed by atoms with Crippen LogP contribution in [-0.4, -0.2) is 18.0 Å². The van der Waals surface area contributed by atoms with Gasteiger partial charge in [0.15, 0.2) is 5.78 Å². The van der Waals surface area contributed by atoms with Crippen LogP contribution in [0.5, 0.6) is 5.75 Å². The minimum Gasteiger partial charge on any atom is -0.507 e. The number of ketones is 1. The quantitative estimate of drug-likeness (QED) is 0.891. The molecule has 0 unspecified atom stereocenters. The van der Waals surface area contributed by atoms with Crippen molar-refractivity contribution in [3.05, 3.63) is 65.2 Å². The fourth-order valence-electron chi connectivity index (χ4n) is 2.29. The number of Topliss-reactive ketones (excluding diaryl/α,β-unsaturated/α-hetero) is 1. The molecule has 0 aromatic heterocycles. The summed E-state index contributed by atoms with van der Waals surface area (Å²) in [4.78, 5) is 12.3. The molecule has 0 atom stereocenters. The molecule has 0 heterocycles. The number of carbonyl (C=O) groups is 1. The number of aliphatic hydroxyl groups is 1. The number of ether oxygens (including phenoxy) is 1. The Kier molecular flexibility index (Phi) is 2.60. The molecule has 3 heteroatoms. The maximum Gasteiger partial charge on any atom is 0.198 e. The monoisotopic (exact) mass is 252 g/mol. The summed E-state index contributed by atoms with van der Waals surface area (Å²) in [5.74, 6) is 0.621. The Morgan fingerprint density at radius 3 is 2.16 bits per heavy atom. The lowest BCUT2D eigenvalue weighted by molar-refractivity contribution is 0.105. The molecular weight excluding hydrogens is 240 g/mol. The van der Waals surface area contributed by atoms with Gasteiger partial charge < -0.3 is 9.84 Å². The van der Waals surface area contributed by atoms with Gasteiger partial charge >= 0.3 is 0 Å². The molecule has 94 valence electrons. The van der Waals surface area contributed by atoms with E-state index in [0.29, 0.717) is 28.0 Å². The van der Waals surface area contributed by atoms with Crippen LogP contribution in [0.4, 0.5) is 0 Å². The van der Waals surface area contributed by atoms with Crippen molar-refractivity contribution in [3.8, 4) is 5.75 Å². The van der Waals surface area contributed by atoms with Gasteiger partial charge in [0, 0.05) is 11.1 Å². The molecule has 1 aliphatic carbocycles. The van der Waals surface area contributed by atoms with Gasteiger partial charge in [-0.1, -0.05) is 36.4 Å². The number of aliphatic hydroxyl groups excluding tert-OH is 1. The zero-order valence-corrected chi connectivity index (χ0v) is 10.4. The van der Waals surface area contributed by atoms with Gasteiger partial charge in [-0.05, 0) is 17.7 Å². The van der Waals surface area contributed by atoms with Gasteiger partial charge in [-0.15, -0.1) is 0 Å². The number of fused-ring (bicyclic) bond motifs is 1. The van der Waals surface area contributed by atoms with E-state index < -0.39 is 0 Å². The summed E-state index contributed by atoms with van der Waals surface area (Å²) >= 11 is 0. The van der Waals surface area contributed by atoms with Gasteiger partial charge in [-0.2, -0.15) is 0 Å². The van der Waals surface area contributed by atoms with Gasteiger partial charge in [0.1, 0.15) is 11.5 Å². The summed E-state index contributed by atoms with van der Waals surface area (Å²) < 4.78 is 5.08. The van der Waals surface area contributed by atoms with Crippen LogP contribution in [0.25, 0.3) is 11.3 Å². The van der Waals surface area contributed by atoms with Crippen molar-refractivity contribution >= 4 is 17.1 Å². The van der Waals surface area contributed by atoms with Crippen molar-refractivity contribution in [1.29, 1.82) is 0 Å². The molecule has 0 saturated heterocycles. The Hall–Kier alpha value is -2.55. The van der Waals surface area contributed by atoms with Crippen molar-refractivity contribution in [3.63, 3.8) is 0 Å². The third-order valence-electron chi connectivity index (χ3n) is 3.27. The topological polar surface area (TPSA) is 46.5 Å². The Balaban J connectivity index is 2.11. The number of hydrogen-bond acceptors (Lipinski definition) is 3. The largest absolute Gasteiger partial charge is 0.507 e. The van der Waals surface area contributed by atoms with E-state index in [9.17, 15) is 9.90 Å². The number of methoxy groups -OCH3 is 1. The van der Waals surface area contributed by atoms with Crippen LogP contribution in [0.2, 0.25) is 0 Å². The van der Waals surface area contributed by atoms with Crippen molar-refractivity contribution in [2.75, 3.05) is 7.11 Å². The first-order chi connectivity index (χ1) is 9.22. The van der Waals surface area contributed by atoms with Crippen molar-refractivity contribution in [1.82, 2.24) is 0 Å². The normalized spacial score (nSPS) is 13.6. The highest BCUT2D eigenvalue weighted by Gasteiger charge is 2.30. The summed E-state index contributed by atoms with van der Waals surface area (Å²) in [5.41, 5.74) is 2.19. The molecule has 3 nitrogen and oxygen atoms in total. The molecule has 0 amide bonds. The molecule has 2 aromatic rings. The van der Waals surface area contributed by atoms with E-state index in [-0.39, 0.29) is 11.5 Å². The summed E-state index contributed by atoms with van der Waals surface area (Å²) in [7, 11) is 1.59. The van der Waals surface area contributed by atoms with E-state index in [4.69, 9.17) is 4.74 Å². The Morgan fingerprint density at radius 1 is 0.947 bits per heavy atom. The zero-order chi connectivity index (χ0) is 13.4. The van der Waals surface area contributed by atoms with E-state index in [0.717, 1.165) is 0 Å². The predicted octanol–water partition coefficient (Wildman–Crippen LogP) is 3.32. The molecule has 0 saturated carbocycles.